The molecule has 0 aromatic carbocycles. The first-order chi connectivity index (χ1) is 6.11. The summed E-state index contributed by atoms with van der Waals surface area (Å²) in [6.45, 7) is 3.55. The van der Waals surface area contributed by atoms with Gasteiger partial charge in [0.2, 0.25) is 5.78 Å². The fourth-order valence-electron chi connectivity index (χ4n) is 0.898. The summed E-state index contributed by atoms with van der Waals surface area (Å²) in [6, 6.07) is 2.67. The van der Waals surface area contributed by atoms with E-state index in [0.29, 0.717) is 0 Å². The van der Waals surface area contributed by atoms with Gasteiger partial charge in [-0.2, -0.15) is 0 Å². The summed E-state index contributed by atoms with van der Waals surface area (Å²) in [6.07, 6.45) is 2.76. The molecule has 0 radical (unpaired) electrons. The van der Waals surface area contributed by atoms with Gasteiger partial charge in [-0.15, -0.1) is 0 Å². The lowest BCUT2D eigenvalue weighted by molar-refractivity contribution is 0.103. The summed E-state index contributed by atoms with van der Waals surface area (Å²) >= 11 is 0. The molecule has 0 saturated carbocycles. The SMILES string of the molecule is CC(C)=CC(=O)c1ncccc1F. The Hall–Kier alpha value is -1.51. The van der Waals surface area contributed by atoms with Crippen LogP contribution in [-0.4, -0.2) is 10.8 Å². The molecule has 1 aromatic heterocycles. The van der Waals surface area contributed by atoms with E-state index in [0.717, 1.165) is 5.57 Å². The predicted octanol–water partition coefficient (Wildman–Crippen LogP) is 2.37. The van der Waals surface area contributed by atoms with E-state index in [-0.39, 0.29) is 5.69 Å². The van der Waals surface area contributed by atoms with Crippen LogP contribution in [0.4, 0.5) is 4.39 Å². The van der Waals surface area contributed by atoms with Crippen molar-refractivity contribution in [2.75, 3.05) is 0 Å². The topological polar surface area (TPSA) is 30.0 Å². The highest BCUT2D eigenvalue weighted by atomic mass is 19.1. The molecular weight excluding hydrogens is 169 g/mol. The third kappa shape index (κ3) is 2.47. The minimum Gasteiger partial charge on any atom is -0.287 e. The highest BCUT2D eigenvalue weighted by Crippen LogP contribution is 2.05. The number of ketones is 1. The summed E-state index contributed by atoms with van der Waals surface area (Å²) in [5, 5.41) is 0. The maximum Gasteiger partial charge on any atom is 0.207 e. The van der Waals surface area contributed by atoms with Crippen LogP contribution in [0.5, 0.6) is 0 Å². The molecule has 0 unspecified atom stereocenters. The van der Waals surface area contributed by atoms with Gasteiger partial charge in [-0.25, -0.2) is 9.37 Å². The van der Waals surface area contributed by atoms with Gasteiger partial charge in [0.05, 0.1) is 0 Å². The maximum absolute atomic E-state index is 13.0. The highest BCUT2D eigenvalue weighted by Gasteiger charge is 2.09. The molecule has 68 valence electrons. The first-order valence-corrected chi connectivity index (χ1v) is 3.91. The number of rotatable bonds is 2. The van der Waals surface area contributed by atoms with Crippen LogP contribution < -0.4 is 0 Å². The van der Waals surface area contributed by atoms with Crippen molar-refractivity contribution in [3.05, 3.63) is 41.5 Å². The molecule has 0 N–H and O–H groups in total. The van der Waals surface area contributed by atoms with Gasteiger partial charge in [0.25, 0.3) is 0 Å². The molecule has 13 heavy (non-hydrogen) atoms. The van der Waals surface area contributed by atoms with Crippen LogP contribution in [0.2, 0.25) is 0 Å². The lowest BCUT2D eigenvalue weighted by Crippen LogP contribution is -2.02. The standard InChI is InChI=1S/C10H10FNO/c1-7(2)6-9(13)10-8(11)4-3-5-12-10/h3-6H,1-2H3. The zero-order valence-corrected chi connectivity index (χ0v) is 7.54. The Kier molecular flexibility index (Phi) is 2.90. The van der Waals surface area contributed by atoms with Crippen molar-refractivity contribution in [1.82, 2.24) is 4.98 Å². The number of halogens is 1. The highest BCUT2D eigenvalue weighted by molar-refractivity contribution is 6.03. The van der Waals surface area contributed by atoms with Crippen LogP contribution in [0.1, 0.15) is 24.3 Å². The number of allylic oxidation sites excluding steroid dienone is 2. The van der Waals surface area contributed by atoms with Crippen LogP contribution in [-0.2, 0) is 0 Å². The van der Waals surface area contributed by atoms with Crippen molar-refractivity contribution in [1.29, 1.82) is 0 Å². The second kappa shape index (κ2) is 3.94. The summed E-state index contributed by atoms with van der Waals surface area (Å²) in [7, 11) is 0. The second-order valence-corrected chi connectivity index (χ2v) is 2.92. The second-order valence-electron chi connectivity index (χ2n) is 2.92. The zero-order chi connectivity index (χ0) is 9.84. The lowest BCUT2D eigenvalue weighted by atomic mass is 10.2. The molecule has 2 nitrogen and oxygen atoms in total. The fourth-order valence-corrected chi connectivity index (χ4v) is 0.898. The van der Waals surface area contributed by atoms with E-state index in [9.17, 15) is 9.18 Å². The van der Waals surface area contributed by atoms with Gasteiger partial charge in [-0.1, -0.05) is 5.57 Å². The van der Waals surface area contributed by atoms with E-state index in [4.69, 9.17) is 0 Å². The minimum atomic E-state index is -0.579. The van der Waals surface area contributed by atoms with Crippen molar-refractivity contribution >= 4 is 5.78 Å². The molecule has 0 fully saturated rings. The molecular formula is C10H10FNO. The molecule has 0 aliphatic carbocycles. The van der Waals surface area contributed by atoms with Crippen LogP contribution in [0, 0.1) is 5.82 Å². The number of hydrogen-bond acceptors (Lipinski definition) is 2. The van der Waals surface area contributed by atoms with Gasteiger partial charge in [0.15, 0.2) is 5.82 Å². The van der Waals surface area contributed by atoms with Crippen molar-refractivity contribution < 1.29 is 9.18 Å². The Morgan fingerprint density at radius 2 is 2.23 bits per heavy atom. The van der Waals surface area contributed by atoms with E-state index in [1.807, 2.05) is 0 Å². The molecule has 0 aliphatic rings. The molecule has 0 atom stereocenters. The summed E-state index contributed by atoms with van der Waals surface area (Å²) < 4.78 is 13.0. The largest absolute Gasteiger partial charge is 0.287 e. The number of pyridine rings is 1. The molecule has 0 amide bonds. The van der Waals surface area contributed by atoms with E-state index in [1.165, 1.54) is 24.4 Å². The number of carbonyl (C=O) groups excluding carboxylic acids is 1. The first kappa shape index (κ1) is 9.58. The van der Waals surface area contributed by atoms with Crippen LogP contribution in [0.15, 0.2) is 30.0 Å². The Balaban J connectivity index is 3.03. The van der Waals surface area contributed by atoms with Gasteiger partial charge < -0.3 is 0 Å². The average Bonchev–Trinajstić information content (AvgIpc) is 2.03. The quantitative estimate of drug-likeness (QED) is 0.515. The first-order valence-electron chi connectivity index (χ1n) is 3.91. The van der Waals surface area contributed by atoms with Gasteiger partial charge >= 0.3 is 0 Å². The van der Waals surface area contributed by atoms with Crippen molar-refractivity contribution in [2.45, 2.75) is 13.8 Å². The van der Waals surface area contributed by atoms with Crippen LogP contribution in [0.25, 0.3) is 0 Å². The van der Waals surface area contributed by atoms with Crippen LogP contribution >= 0.6 is 0 Å². The Bertz CT molecular complexity index is 354. The number of carbonyl (C=O) groups is 1. The number of aromatic nitrogens is 1. The third-order valence-corrected chi connectivity index (χ3v) is 1.41. The Morgan fingerprint density at radius 3 is 2.77 bits per heavy atom. The molecule has 0 aliphatic heterocycles. The molecule has 1 rings (SSSR count). The smallest absolute Gasteiger partial charge is 0.207 e. The van der Waals surface area contributed by atoms with E-state index >= 15 is 0 Å². The van der Waals surface area contributed by atoms with Crippen molar-refractivity contribution in [3.8, 4) is 0 Å². The molecule has 0 bridgehead atoms. The summed E-state index contributed by atoms with van der Waals surface area (Å²) in [4.78, 5) is 15.0. The summed E-state index contributed by atoms with van der Waals surface area (Å²) in [5.74, 6) is -0.969. The molecule has 1 heterocycles. The van der Waals surface area contributed by atoms with Gasteiger partial charge in [-0.05, 0) is 32.1 Å². The van der Waals surface area contributed by atoms with Gasteiger partial charge in [0.1, 0.15) is 5.69 Å². The fraction of sp³-hybridized carbons (Fsp3) is 0.200. The van der Waals surface area contributed by atoms with Gasteiger partial charge in [0, 0.05) is 6.20 Å². The third-order valence-electron chi connectivity index (χ3n) is 1.41. The lowest BCUT2D eigenvalue weighted by Gasteiger charge is -1.96. The zero-order valence-electron chi connectivity index (χ0n) is 7.54. The number of nitrogens with zero attached hydrogens (tertiary/aromatic N) is 1. The maximum atomic E-state index is 13.0. The predicted molar refractivity (Wildman–Crippen MR) is 48.0 cm³/mol. The van der Waals surface area contributed by atoms with Gasteiger partial charge in [-0.3, -0.25) is 4.79 Å². The minimum absolute atomic E-state index is 0.122. The van der Waals surface area contributed by atoms with E-state index in [2.05, 4.69) is 4.98 Å². The number of hydrogen-bond donors (Lipinski definition) is 0. The van der Waals surface area contributed by atoms with Crippen molar-refractivity contribution in [2.24, 2.45) is 0 Å². The monoisotopic (exact) mass is 179 g/mol. The van der Waals surface area contributed by atoms with Crippen molar-refractivity contribution in [3.63, 3.8) is 0 Å². The average molecular weight is 179 g/mol. The normalized spacial score (nSPS) is 9.46. The molecule has 3 heteroatoms. The van der Waals surface area contributed by atoms with E-state index in [1.54, 1.807) is 13.8 Å². The Labute approximate surface area is 76.1 Å². The molecule has 0 spiro atoms. The summed E-state index contributed by atoms with van der Waals surface area (Å²) in [5.41, 5.74) is 0.707. The molecule has 1 aromatic rings. The van der Waals surface area contributed by atoms with Crippen LogP contribution in [0.3, 0.4) is 0 Å². The Morgan fingerprint density at radius 1 is 1.54 bits per heavy atom. The molecule has 0 saturated heterocycles. The van der Waals surface area contributed by atoms with E-state index < -0.39 is 11.6 Å².